The first-order chi connectivity index (χ1) is 10.9. The van der Waals surface area contributed by atoms with Crippen molar-refractivity contribution in [2.24, 2.45) is 22.7 Å². The lowest BCUT2D eigenvalue weighted by molar-refractivity contribution is 0.183. The third kappa shape index (κ3) is 8.39. The molecule has 0 radical (unpaired) electrons. The SMILES string of the molecule is C[C@H](CCN1CCN(CC[C@H](C)CC(C)(C)C)C1=O)CC(C)(C)C. The molecule has 24 heavy (non-hydrogen) atoms. The summed E-state index contributed by atoms with van der Waals surface area (Å²) in [6, 6.07) is 0.265. The van der Waals surface area contributed by atoms with Gasteiger partial charge >= 0.3 is 6.03 Å². The van der Waals surface area contributed by atoms with Crippen LogP contribution in [-0.2, 0) is 0 Å². The number of urea groups is 1. The Morgan fingerprint density at radius 3 is 1.42 bits per heavy atom. The molecule has 0 unspecified atom stereocenters. The minimum Gasteiger partial charge on any atom is -0.323 e. The molecule has 0 bridgehead atoms. The zero-order valence-electron chi connectivity index (χ0n) is 17.6. The summed E-state index contributed by atoms with van der Waals surface area (Å²) in [7, 11) is 0. The maximum Gasteiger partial charge on any atom is 0.320 e. The molecule has 1 heterocycles. The van der Waals surface area contributed by atoms with Gasteiger partial charge in [-0.3, -0.25) is 0 Å². The summed E-state index contributed by atoms with van der Waals surface area (Å²) in [6.07, 6.45) is 4.70. The van der Waals surface area contributed by atoms with Gasteiger partial charge in [-0.25, -0.2) is 4.79 Å². The average Bonchev–Trinajstić information content (AvgIpc) is 2.71. The lowest BCUT2D eigenvalue weighted by Gasteiger charge is -2.26. The highest BCUT2D eigenvalue weighted by atomic mass is 16.2. The molecule has 1 rings (SSSR count). The number of carbonyl (C=O) groups excluding carboxylic acids is 1. The van der Waals surface area contributed by atoms with Crippen LogP contribution in [0, 0.1) is 22.7 Å². The normalized spacial score (nSPS) is 19.1. The molecule has 1 fully saturated rings. The Morgan fingerprint density at radius 2 is 1.12 bits per heavy atom. The van der Waals surface area contributed by atoms with Gasteiger partial charge < -0.3 is 9.80 Å². The van der Waals surface area contributed by atoms with Gasteiger partial charge in [0.25, 0.3) is 0 Å². The van der Waals surface area contributed by atoms with Crippen molar-refractivity contribution in [3.05, 3.63) is 0 Å². The van der Waals surface area contributed by atoms with Gasteiger partial charge in [0, 0.05) is 26.2 Å². The quantitative estimate of drug-likeness (QED) is 0.561. The van der Waals surface area contributed by atoms with Crippen molar-refractivity contribution in [2.75, 3.05) is 26.2 Å². The Hall–Kier alpha value is -0.730. The average molecular weight is 339 g/mol. The Labute approximate surface area is 151 Å². The minimum atomic E-state index is 0.265. The fraction of sp³-hybridized carbons (Fsp3) is 0.952. The number of nitrogens with zero attached hydrogens (tertiary/aromatic N) is 2. The summed E-state index contributed by atoms with van der Waals surface area (Å²) < 4.78 is 0. The van der Waals surface area contributed by atoms with Crippen molar-refractivity contribution in [2.45, 2.75) is 81.1 Å². The van der Waals surface area contributed by atoms with Crippen molar-refractivity contribution in [1.29, 1.82) is 0 Å². The zero-order chi connectivity index (χ0) is 18.5. The number of amides is 2. The smallest absolute Gasteiger partial charge is 0.320 e. The molecular weight excluding hydrogens is 296 g/mol. The minimum absolute atomic E-state index is 0.265. The molecule has 0 spiro atoms. The number of hydrogen-bond acceptors (Lipinski definition) is 1. The highest BCUT2D eigenvalue weighted by Gasteiger charge is 2.29. The predicted octanol–water partition coefficient (Wildman–Crippen LogP) is 5.65. The summed E-state index contributed by atoms with van der Waals surface area (Å²) in [5, 5.41) is 0. The third-order valence-electron chi connectivity index (χ3n) is 4.89. The molecule has 1 saturated heterocycles. The van der Waals surface area contributed by atoms with E-state index in [0.29, 0.717) is 22.7 Å². The van der Waals surface area contributed by atoms with E-state index in [9.17, 15) is 4.79 Å². The van der Waals surface area contributed by atoms with Crippen molar-refractivity contribution < 1.29 is 4.79 Å². The second kappa shape index (κ2) is 8.58. The van der Waals surface area contributed by atoms with Crippen molar-refractivity contribution in [1.82, 2.24) is 9.80 Å². The standard InChI is InChI=1S/C21H42N2O/c1-17(15-20(3,4)5)9-11-22-13-14-23(19(22)24)12-10-18(2)16-21(6,7)8/h17-18H,9-16H2,1-8H3/t17-,18+. The van der Waals surface area contributed by atoms with Gasteiger partial charge in [-0.05, 0) is 48.3 Å². The van der Waals surface area contributed by atoms with E-state index < -0.39 is 0 Å². The Balaban J connectivity index is 2.32. The molecule has 2 atom stereocenters. The topological polar surface area (TPSA) is 23.6 Å². The summed E-state index contributed by atoms with van der Waals surface area (Å²) in [6.45, 7) is 22.1. The van der Waals surface area contributed by atoms with Crippen molar-refractivity contribution >= 4 is 6.03 Å². The first kappa shape index (κ1) is 21.3. The maximum atomic E-state index is 12.6. The number of carbonyl (C=O) groups is 1. The zero-order valence-corrected chi connectivity index (χ0v) is 17.6. The Bertz CT molecular complexity index is 356. The monoisotopic (exact) mass is 338 g/mol. The molecule has 0 aromatic rings. The maximum absolute atomic E-state index is 12.6. The van der Waals surface area contributed by atoms with Crippen molar-refractivity contribution in [3.63, 3.8) is 0 Å². The third-order valence-corrected chi connectivity index (χ3v) is 4.89. The number of hydrogen-bond donors (Lipinski definition) is 0. The summed E-state index contributed by atoms with van der Waals surface area (Å²) in [4.78, 5) is 16.7. The molecule has 2 amide bonds. The van der Waals surface area contributed by atoms with Gasteiger partial charge in [0.15, 0.2) is 0 Å². The van der Waals surface area contributed by atoms with Crippen LogP contribution in [0.3, 0.4) is 0 Å². The second-order valence-corrected chi connectivity index (χ2v) is 10.6. The summed E-state index contributed by atoms with van der Waals surface area (Å²) in [5.74, 6) is 1.36. The molecule has 3 heteroatoms. The van der Waals surface area contributed by atoms with Gasteiger partial charge in [-0.15, -0.1) is 0 Å². The van der Waals surface area contributed by atoms with E-state index in [0.717, 1.165) is 39.0 Å². The van der Waals surface area contributed by atoms with Gasteiger partial charge in [0.1, 0.15) is 0 Å². The van der Waals surface area contributed by atoms with E-state index >= 15 is 0 Å². The van der Waals surface area contributed by atoms with Crippen LogP contribution in [0.1, 0.15) is 81.1 Å². The van der Waals surface area contributed by atoms with Crippen LogP contribution in [0.15, 0.2) is 0 Å². The van der Waals surface area contributed by atoms with Crippen LogP contribution in [0.4, 0.5) is 4.79 Å². The van der Waals surface area contributed by atoms with Crippen LogP contribution in [-0.4, -0.2) is 42.0 Å². The number of rotatable bonds is 8. The van der Waals surface area contributed by atoms with Gasteiger partial charge in [0.2, 0.25) is 0 Å². The highest BCUT2D eigenvalue weighted by molar-refractivity contribution is 5.76. The second-order valence-electron chi connectivity index (χ2n) is 10.6. The largest absolute Gasteiger partial charge is 0.323 e. The van der Waals surface area contributed by atoms with Gasteiger partial charge in [-0.1, -0.05) is 55.4 Å². The molecule has 0 aliphatic carbocycles. The van der Waals surface area contributed by atoms with E-state index in [4.69, 9.17) is 0 Å². The first-order valence-corrected chi connectivity index (χ1v) is 9.91. The molecule has 0 saturated carbocycles. The highest BCUT2D eigenvalue weighted by Crippen LogP contribution is 2.27. The molecule has 0 N–H and O–H groups in total. The molecular formula is C21H42N2O. The molecule has 0 aromatic heterocycles. The van der Waals surface area contributed by atoms with Gasteiger partial charge in [0.05, 0.1) is 0 Å². The Morgan fingerprint density at radius 1 is 0.792 bits per heavy atom. The van der Waals surface area contributed by atoms with E-state index in [1.54, 1.807) is 0 Å². The van der Waals surface area contributed by atoms with Crippen LogP contribution >= 0.6 is 0 Å². The lowest BCUT2D eigenvalue weighted by atomic mass is 9.84. The Kier molecular flexibility index (Phi) is 7.62. The fourth-order valence-electron chi connectivity index (χ4n) is 4.09. The fourth-order valence-corrected chi connectivity index (χ4v) is 4.09. The van der Waals surface area contributed by atoms with Crippen LogP contribution in [0.2, 0.25) is 0 Å². The summed E-state index contributed by atoms with van der Waals surface area (Å²) >= 11 is 0. The van der Waals surface area contributed by atoms with Crippen LogP contribution in [0.5, 0.6) is 0 Å². The molecule has 1 aliphatic heterocycles. The first-order valence-electron chi connectivity index (χ1n) is 9.91. The predicted molar refractivity (Wildman–Crippen MR) is 104 cm³/mol. The van der Waals surface area contributed by atoms with Crippen LogP contribution < -0.4 is 0 Å². The van der Waals surface area contributed by atoms with E-state index in [1.807, 2.05) is 0 Å². The molecule has 3 nitrogen and oxygen atoms in total. The molecule has 142 valence electrons. The van der Waals surface area contributed by atoms with E-state index in [-0.39, 0.29) is 6.03 Å². The summed E-state index contributed by atoms with van der Waals surface area (Å²) in [5.41, 5.74) is 0.757. The van der Waals surface area contributed by atoms with Gasteiger partial charge in [-0.2, -0.15) is 0 Å². The lowest BCUT2D eigenvalue weighted by Crippen LogP contribution is -2.34. The molecule has 1 aliphatic rings. The van der Waals surface area contributed by atoms with E-state index in [1.165, 1.54) is 12.8 Å². The van der Waals surface area contributed by atoms with Crippen molar-refractivity contribution in [3.8, 4) is 0 Å². The van der Waals surface area contributed by atoms with E-state index in [2.05, 4.69) is 65.2 Å². The van der Waals surface area contributed by atoms with Crippen LogP contribution in [0.25, 0.3) is 0 Å². The molecule has 0 aromatic carbocycles.